The van der Waals surface area contributed by atoms with Crippen LogP contribution in [0.4, 0.5) is 4.39 Å². The number of benzene rings is 2. The zero-order chi connectivity index (χ0) is 14.7. The Hall–Kier alpha value is -2.62. The topological polar surface area (TPSA) is 42.2 Å². The number of rotatable bonds is 4. The lowest BCUT2D eigenvalue weighted by Gasteiger charge is -2.03. The van der Waals surface area contributed by atoms with Crippen molar-refractivity contribution in [2.45, 2.75) is 13.0 Å². The summed E-state index contributed by atoms with van der Waals surface area (Å²) < 4.78 is 18.4. The second kappa shape index (κ2) is 5.79. The number of furan rings is 1. The third kappa shape index (κ3) is 3.28. The Morgan fingerprint density at radius 2 is 1.86 bits per heavy atom. The van der Waals surface area contributed by atoms with Crippen molar-refractivity contribution in [2.24, 2.45) is 0 Å². The molecule has 0 radical (unpaired) electrons. The summed E-state index contributed by atoms with van der Waals surface area (Å²) in [6, 6.07) is 15.5. The first-order valence-corrected chi connectivity index (χ1v) is 6.69. The first-order chi connectivity index (χ1) is 10.2. The molecule has 4 heteroatoms. The maximum atomic E-state index is 12.8. The van der Waals surface area contributed by atoms with Gasteiger partial charge in [-0.25, -0.2) is 4.39 Å². The van der Waals surface area contributed by atoms with Crippen LogP contribution in [0, 0.1) is 5.82 Å². The molecular formula is C17H14FNO2. The van der Waals surface area contributed by atoms with Gasteiger partial charge < -0.3 is 9.73 Å². The third-order valence-electron chi connectivity index (χ3n) is 3.21. The number of halogens is 1. The zero-order valence-corrected chi connectivity index (χ0v) is 11.3. The fourth-order valence-electron chi connectivity index (χ4n) is 2.16. The molecule has 106 valence electrons. The van der Waals surface area contributed by atoms with E-state index in [0.717, 1.165) is 16.5 Å². The summed E-state index contributed by atoms with van der Waals surface area (Å²) in [5.41, 5.74) is 1.58. The Balaban J connectivity index is 1.59. The van der Waals surface area contributed by atoms with Gasteiger partial charge in [-0.2, -0.15) is 0 Å². The highest BCUT2D eigenvalue weighted by Crippen LogP contribution is 2.18. The molecule has 0 aliphatic heterocycles. The molecule has 0 saturated heterocycles. The van der Waals surface area contributed by atoms with E-state index in [9.17, 15) is 9.18 Å². The van der Waals surface area contributed by atoms with Crippen LogP contribution in [-0.2, 0) is 17.8 Å². The normalized spacial score (nSPS) is 10.7. The van der Waals surface area contributed by atoms with Gasteiger partial charge in [-0.3, -0.25) is 4.79 Å². The number of hydrogen-bond acceptors (Lipinski definition) is 2. The number of fused-ring (bicyclic) bond motifs is 1. The second-order valence-corrected chi connectivity index (χ2v) is 4.83. The van der Waals surface area contributed by atoms with E-state index in [1.165, 1.54) is 12.1 Å². The second-order valence-electron chi connectivity index (χ2n) is 4.83. The van der Waals surface area contributed by atoms with Crippen molar-refractivity contribution in [1.29, 1.82) is 0 Å². The van der Waals surface area contributed by atoms with Crippen molar-refractivity contribution in [3.8, 4) is 0 Å². The summed E-state index contributed by atoms with van der Waals surface area (Å²) in [6.07, 6.45) is 0.223. The van der Waals surface area contributed by atoms with E-state index in [1.54, 1.807) is 12.1 Å². The van der Waals surface area contributed by atoms with E-state index < -0.39 is 0 Å². The molecule has 1 amide bonds. The molecule has 0 aliphatic rings. The van der Waals surface area contributed by atoms with Crippen molar-refractivity contribution in [3.63, 3.8) is 0 Å². The molecule has 0 spiro atoms. The van der Waals surface area contributed by atoms with E-state index >= 15 is 0 Å². The number of nitrogens with one attached hydrogen (secondary N) is 1. The van der Waals surface area contributed by atoms with Crippen LogP contribution >= 0.6 is 0 Å². The van der Waals surface area contributed by atoms with Gasteiger partial charge in [-0.1, -0.05) is 30.3 Å². The molecule has 3 rings (SSSR count). The SMILES string of the molecule is O=C(Cc1ccc(F)cc1)NCc1cc2ccccc2o1. The van der Waals surface area contributed by atoms with E-state index in [2.05, 4.69) is 5.32 Å². The minimum absolute atomic E-state index is 0.123. The number of para-hydroxylation sites is 1. The zero-order valence-electron chi connectivity index (χ0n) is 11.3. The summed E-state index contributed by atoms with van der Waals surface area (Å²) in [5.74, 6) is 0.284. The van der Waals surface area contributed by atoms with Gasteiger partial charge in [-0.15, -0.1) is 0 Å². The molecule has 0 atom stereocenters. The number of amides is 1. The first-order valence-electron chi connectivity index (χ1n) is 6.69. The molecule has 1 aromatic heterocycles. The average molecular weight is 283 g/mol. The molecule has 0 bridgehead atoms. The molecule has 2 aromatic carbocycles. The van der Waals surface area contributed by atoms with Crippen LogP contribution in [-0.4, -0.2) is 5.91 Å². The first kappa shape index (κ1) is 13.4. The molecule has 1 N–H and O–H groups in total. The molecule has 21 heavy (non-hydrogen) atoms. The Morgan fingerprint density at radius 1 is 1.10 bits per heavy atom. The molecule has 0 saturated carbocycles. The molecule has 0 unspecified atom stereocenters. The lowest BCUT2D eigenvalue weighted by atomic mass is 10.1. The quantitative estimate of drug-likeness (QED) is 0.797. The van der Waals surface area contributed by atoms with Crippen LogP contribution in [0.1, 0.15) is 11.3 Å². The summed E-state index contributed by atoms with van der Waals surface area (Å²) in [4.78, 5) is 11.8. The maximum absolute atomic E-state index is 12.8. The summed E-state index contributed by atoms with van der Waals surface area (Å²) in [7, 11) is 0. The highest BCUT2D eigenvalue weighted by molar-refractivity contribution is 5.79. The largest absolute Gasteiger partial charge is 0.459 e. The van der Waals surface area contributed by atoms with Crippen LogP contribution in [0.25, 0.3) is 11.0 Å². The van der Waals surface area contributed by atoms with Crippen molar-refractivity contribution < 1.29 is 13.6 Å². The number of carbonyl (C=O) groups excluding carboxylic acids is 1. The highest BCUT2D eigenvalue weighted by Gasteiger charge is 2.06. The standard InChI is InChI=1S/C17H14FNO2/c18-14-7-5-12(6-8-14)9-17(20)19-11-15-10-13-3-1-2-4-16(13)21-15/h1-8,10H,9,11H2,(H,19,20). The van der Waals surface area contributed by atoms with E-state index in [4.69, 9.17) is 4.42 Å². The van der Waals surface area contributed by atoms with E-state index in [0.29, 0.717) is 12.3 Å². The number of hydrogen-bond donors (Lipinski definition) is 1. The van der Waals surface area contributed by atoms with Gasteiger partial charge in [0, 0.05) is 5.39 Å². The van der Waals surface area contributed by atoms with Crippen molar-refractivity contribution in [2.75, 3.05) is 0 Å². The average Bonchev–Trinajstić information content (AvgIpc) is 2.90. The molecule has 3 nitrogen and oxygen atoms in total. The third-order valence-corrected chi connectivity index (χ3v) is 3.21. The van der Waals surface area contributed by atoms with Gasteiger partial charge >= 0.3 is 0 Å². The fourth-order valence-corrected chi connectivity index (χ4v) is 2.16. The summed E-state index contributed by atoms with van der Waals surface area (Å²) in [6.45, 7) is 0.342. The predicted molar refractivity (Wildman–Crippen MR) is 78.2 cm³/mol. The van der Waals surface area contributed by atoms with E-state index in [1.807, 2.05) is 30.3 Å². The molecule has 0 fully saturated rings. The fraction of sp³-hybridized carbons (Fsp3) is 0.118. The van der Waals surface area contributed by atoms with E-state index in [-0.39, 0.29) is 18.1 Å². The van der Waals surface area contributed by atoms with Crippen LogP contribution in [0.5, 0.6) is 0 Å². The summed E-state index contributed by atoms with van der Waals surface area (Å²) >= 11 is 0. The van der Waals surface area contributed by atoms with Gasteiger partial charge in [0.15, 0.2) is 0 Å². The Bertz CT molecular complexity index is 729. The monoisotopic (exact) mass is 283 g/mol. The minimum atomic E-state index is -0.304. The Kier molecular flexibility index (Phi) is 3.69. The minimum Gasteiger partial charge on any atom is -0.459 e. The molecule has 3 aromatic rings. The molecule has 1 heterocycles. The van der Waals surface area contributed by atoms with Gasteiger partial charge in [-0.05, 0) is 29.8 Å². The van der Waals surface area contributed by atoms with Crippen LogP contribution in [0.15, 0.2) is 59.0 Å². The smallest absolute Gasteiger partial charge is 0.224 e. The van der Waals surface area contributed by atoms with Crippen molar-refractivity contribution in [1.82, 2.24) is 5.32 Å². The summed E-state index contributed by atoms with van der Waals surface area (Å²) in [5, 5.41) is 3.81. The van der Waals surface area contributed by atoms with Crippen molar-refractivity contribution >= 4 is 16.9 Å². The number of carbonyl (C=O) groups is 1. The Morgan fingerprint density at radius 3 is 2.62 bits per heavy atom. The van der Waals surface area contributed by atoms with Crippen molar-refractivity contribution in [3.05, 3.63) is 71.7 Å². The van der Waals surface area contributed by atoms with Gasteiger partial charge in [0.2, 0.25) is 5.91 Å². The predicted octanol–water partition coefficient (Wildman–Crippen LogP) is 3.43. The molecular weight excluding hydrogens is 269 g/mol. The lowest BCUT2D eigenvalue weighted by Crippen LogP contribution is -2.24. The van der Waals surface area contributed by atoms with Gasteiger partial charge in [0.25, 0.3) is 0 Å². The van der Waals surface area contributed by atoms with Crippen LogP contribution < -0.4 is 5.32 Å². The highest BCUT2D eigenvalue weighted by atomic mass is 19.1. The maximum Gasteiger partial charge on any atom is 0.224 e. The molecule has 0 aliphatic carbocycles. The van der Waals surface area contributed by atoms with Crippen LogP contribution in [0.3, 0.4) is 0 Å². The van der Waals surface area contributed by atoms with Crippen LogP contribution in [0.2, 0.25) is 0 Å². The van der Waals surface area contributed by atoms with Gasteiger partial charge in [0.1, 0.15) is 17.2 Å². The van der Waals surface area contributed by atoms with Gasteiger partial charge in [0.05, 0.1) is 13.0 Å². The lowest BCUT2D eigenvalue weighted by molar-refractivity contribution is -0.120. The Labute approximate surface area is 121 Å².